The minimum Gasteiger partial charge on any atom is -0.497 e. The summed E-state index contributed by atoms with van der Waals surface area (Å²) in [6.07, 6.45) is 0. The summed E-state index contributed by atoms with van der Waals surface area (Å²) in [5, 5.41) is 13.4. The summed E-state index contributed by atoms with van der Waals surface area (Å²) in [6.45, 7) is 0. The van der Waals surface area contributed by atoms with Gasteiger partial charge in [0.15, 0.2) is 11.5 Å². The first-order valence-corrected chi connectivity index (χ1v) is 5.94. The summed E-state index contributed by atoms with van der Waals surface area (Å²) in [5.74, 6) is 0.0644. The van der Waals surface area contributed by atoms with Crippen molar-refractivity contribution in [3.63, 3.8) is 0 Å². The molecule has 2 heterocycles. The molecule has 1 N–H and O–H groups in total. The molecule has 2 aromatic heterocycles. The van der Waals surface area contributed by atoms with Crippen molar-refractivity contribution < 1.29 is 19.2 Å². The summed E-state index contributed by atoms with van der Waals surface area (Å²) in [6, 6.07) is 9.04. The molecule has 102 valence electrons. The molecule has 0 amide bonds. The number of benzene rings is 1. The number of hydrogen-bond acceptors (Lipinski definition) is 4. The molecular weight excluding hydrogens is 260 g/mol. The normalized spacial score (nSPS) is 10.9. The number of methoxy groups -OCH3 is 1. The van der Waals surface area contributed by atoms with Crippen LogP contribution in [0.5, 0.6) is 5.75 Å². The highest BCUT2D eigenvalue weighted by molar-refractivity contribution is 5.89. The number of hydrogen-bond donors (Lipinski definition) is 1. The maximum absolute atomic E-state index is 10.8. The van der Waals surface area contributed by atoms with E-state index in [1.165, 1.54) is 6.07 Å². The predicted octanol–water partition coefficient (Wildman–Crippen LogP) is 2.54. The van der Waals surface area contributed by atoms with Gasteiger partial charge in [-0.15, -0.1) is 0 Å². The highest BCUT2D eigenvalue weighted by Crippen LogP contribution is 2.29. The zero-order valence-corrected chi connectivity index (χ0v) is 11.0. The maximum Gasteiger partial charge on any atom is 0.358 e. The first kappa shape index (κ1) is 12.3. The smallest absolute Gasteiger partial charge is 0.358 e. The lowest BCUT2D eigenvalue weighted by atomic mass is 10.2. The summed E-state index contributed by atoms with van der Waals surface area (Å²) < 4.78 is 12.2. The molecule has 0 fully saturated rings. The van der Waals surface area contributed by atoms with Crippen LogP contribution in [0.15, 0.2) is 34.9 Å². The highest BCUT2D eigenvalue weighted by Gasteiger charge is 2.16. The van der Waals surface area contributed by atoms with Crippen LogP contribution in [-0.2, 0) is 7.05 Å². The molecule has 0 unspecified atom stereocenters. The van der Waals surface area contributed by atoms with Crippen LogP contribution >= 0.6 is 0 Å². The third-order valence-electron chi connectivity index (χ3n) is 3.23. The Morgan fingerprint density at radius 1 is 1.35 bits per heavy atom. The van der Waals surface area contributed by atoms with Gasteiger partial charge in [-0.2, -0.15) is 0 Å². The Hall–Kier alpha value is -2.76. The molecule has 20 heavy (non-hydrogen) atoms. The molecule has 0 spiro atoms. The van der Waals surface area contributed by atoms with E-state index in [4.69, 9.17) is 14.4 Å². The Morgan fingerprint density at radius 2 is 2.15 bits per heavy atom. The number of aryl methyl sites for hydroxylation is 1. The van der Waals surface area contributed by atoms with Gasteiger partial charge in [-0.05, 0) is 18.2 Å². The first-order chi connectivity index (χ1) is 9.60. The molecule has 3 rings (SSSR count). The van der Waals surface area contributed by atoms with Crippen LogP contribution < -0.4 is 4.74 Å². The molecule has 0 radical (unpaired) electrons. The highest BCUT2D eigenvalue weighted by atomic mass is 16.5. The maximum atomic E-state index is 10.8. The number of nitrogens with zero attached hydrogens (tertiary/aromatic N) is 2. The summed E-state index contributed by atoms with van der Waals surface area (Å²) in [7, 11) is 3.49. The topological polar surface area (TPSA) is 77.5 Å². The Bertz CT molecular complexity index is 801. The van der Waals surface area contributed by atoms with E-state index in [0.29, 0.717) is 5.76 Å². The fourth-order valence-corrected chi connectivity index (χ4v) is 2.17. The van der Waals surface area contributed by atoms with Gasteiger partial charge in [-0.25, -0.2) is 4.79 Å². The lowest BCUT2D eigenvalue weighted by molar-refractivity contribution is 0.0686. The molecule has 0 aliphatic rings. The van der Waals surface area contributed by atoms with Gasteiger partial charge in [0.25, 0.3) is 0 Å². The molecule has 0 aliphatic carbocycles. The molecule has 6 nitrogen and oxygen atoms in total. The van der Waals surface area contributed by atoms with E-state index in [-0.39, 0.29) is 5.69 Å². The van der Waals surface area contributed by atoms with E-state index in [9.17, 15) is 4.79 Å². The van der Waals surface area contributed by atoms with Crippen molar-refractivity contribution in [2.45, 2.75) is 0 Å². The van der Waals surface area contributed by atoms with Crippen LogP contribution in [0.25, 0.3) is 22.4 Å². The second-order valence-electron chi connectivity index (χ2n) is 4.39. The third kappa shape index (κ3) is 1.82. The number of carbonyl (C=O) groups is 1. The van der Waals surface area contributed by atoms with E-state index < -0.39 is 5.97 Å². The average Bonchev–Trinajstić information content (AvgIpc) is 3.04. The predicted molar refractivity (Wildman–Crippen MR) is 71.9 cm³/mol. The minimum absolute atomic E-state index is 0.108. The largest absolute Gasteiger partial charge is 0.497 e. The number of ether oxygens (including phenoxy) is 1. The number of carboxylic acid groups (broad SMARTS) is 1. The van der Waals surface area contributed by atoms with E-state index in [2.05, 4.69) is 5.16 Å². The fraction of sp³-hybridized carbons (Fsp3) is 0.143. The van der Waals surface area contributed by atoms with E-state index in [1.54, 1.807) is 7.11 Å². The van der Waals surface area contributed by atoms with Crippen molar-refractivity contribution in [1.29, 1.82) is 0 Å². The van der Waals surface area contributed by atoms with Gasteiger partial charge >= 0.3 is 5.97 Å². The van der Waals surface area contributed by atoms with Crippen molar-refractivity contribution in [2.24, 2.45) is 7.05 Å². The van der Waals surface area contributed by atoms with Crippen LogP contribution in [-0.4, -0.2) is 27.9 Å². The number of fused-ring (bicyclic) bond motifs is 1. The van der Waals surface area contributed by atoms with Gasteiger partial charge in [0.2, 0.25) is 0 Å². The van der Waals surface area contributed by atoms with Crippen LogP contribution in [0.3, 0.4) is 0 Å². The molecule has 6 heteroatoms. The van der Waals surface area contributed by atoms with E-state index in [1.807, 2.05) is 35.9 Å². The molecule has 0 atom stereocenters. The summed E-state index contributed by atoms with van der Waals surface area (Å²) in [4.78, 5) is 10.8. The van der Waals surface area contributed by atoms with Gasteiger partial charge < -0.3 is 18.9 Å². The molecule has 0 saturated heterocycles. The van der Waals surface area contributed by atoms with Crippen LogP contribution in [0.2, 0.25) is 0 Å². The monoisotopic (exact) mass is 272 g/mol. The van der Waals surface area contributed by atoms with Crippen molar-refractivity contribution in [3.8, 4) is 17.2 Å². The number of aromatic carboxylic acids is 1. The standard InChI is InChI=1S/C14H12N2O4/c1-16-11-6-9(19-2)4-3-8(11)5-12(16)13-7-10(14(17)18)15-20-13/h3-7H,1-2H3,(H,17,18). The summed E-state index contributed by atoms with van der Waals surface area (Å²) in [5.41, 5.74) is 1.61. The first-order valence-electron chi connectivity index (χ1n) is 5.94. The molecule has 0 saturated carbocycles. The lowest BCUT2D eigenvalue weighted by Crippen LogP contribution is -1.94. The summed E-state index contributed by atoms with van der Waals surface area (Å²) >= 11 is 0. The SMILES string of the molecule is COc1ccc2cc(-c3cc(C(=O)O)no3)n(C)c2c1. The average molecular weight is 272 g/mol. The Morgan fingerprint density at radius 3 is 2.80 bits per heavy atom. The van der Waals surface area contributed by atoms with Crippen molar-refractivity contribution in [2.75, 3.05) is 7.11 Å². The quantitative estimate of drug-likeness (QED) is 0.792. The Balaban J connectivity index is 2.15. The van der Waals surface area contributed by atoms with Gasteiger partial charge in [0.05, 0.1) is 18.3 Å². The Kier molecular flexibility index (Phi) is 2.71. The molecule has 0 bridgehead atoms. The molecule has 0 aliphatic heterocycles. The molecule has 3 aromatic rings. The fourth-order valence-electron chi connectivity index (χ4n) is 2.17. The van der Waals surface area contributed by atoms with E-state index >= 15 is 0 Å². The molecular formula is C14H12N2O4. The number of rotatable bonds is 3. The van der Waals surface area contributed by atoms with Crippen molar-refractivity contribution in [1.82, 2.24) is 9.72 Å². The number of aromatic nitrogens is 2. The Labute approximate surface area is 114 Å². The van der Waals surface area contributed by atoms with Crippen LogP contribution in [0.1, 0.15) is 10.5 Å². The van der Waals surface area contributed by atoms with Gasteiger partial charge in [0, 0.05) is 24.6 Å². The van der Waals surface area contributed by atoms with Crippen LogP contribution in [0.4, 0.5) is 0 Å². The van der Waals surface area contributed by atoms with E-state index in [0.717, 1.165) is 22.3 Å². The van der Waals surface area contributed by atoms with Gasteiger partial charge in [0.1, 0.15) is 5.75 Å². The lowest BCUT2D eigenvalue weighted by Gasteiger charge is -2.02. The zero-order chi connectivity index (χ0) is 14.3. The third-order valence-corrected chi connectivity index (χ3v) is 3.23. The minimum atomic E-state index is -1.11. The van der Waals surface area contributed by atoms with Gasteiger partial charge in [-0.1, -0.05) is 5.16 Å². The molecule has 1 aromatic carbocycles. The number of carboxylic acids is 1. The van der Waals surface area contributed by atoms with Crippen molar-refractivity contribution >= 4 is 16.9 Å². The zero-order valence-electron chi connectivity index (χ0n) is 11.0. The van der Waals surface area contributed by atoms with Gasteiger partial charge in [-0.3, -0.25) is 0 Å². The second-order valence-corrected chi connectivity index (χ2v) is 4.39. The second kappa shape index (κ2) is 4.41. The van der Waals surface area contributed by atoms with Crippen LogP contribution in [0, 0.1) is 0 Å². The van der Waals surface area contributed by atoms with Crippen molar-refractivity contribution in [3.05, 3.63) is 36.0 Å².